The van der Waals surface area contributed by atoms with E-state index >= 15 is 0 Å². The molecular formula is C14H14N2O3S3. The fraction of sp³-hybridized carbons (Fsp3) is 0.286. The highest BCUT2D eigenvalue weighted by atomic mass is 32.2. The van der Waals surface area contributed by atoms with Crippen LogP contribution in [0.2, 0.25) is 0 Å². The highest BCUT2D eigenvalue weighted by molar-refractivity contribution is 8.26. The Labute approximate surface area is 142 Å². The van der Waals surface area contributed by atoms with E-state index < -0.39 is 12.0 Å². The van der Waals surface area contributed by atoms with Crippen LogP contribution in [-0.4, -0.2) is 49.2 Å². The lowest BCUT2D eigenvalue weighted by atomic mass is 10.2. The fourth-order valence-electron chi connectivity index (χ4n) is 1.94. The maximum atomic E-state index is 12.5. The van der Waals surface area contributed by atoms with Crippen molar-refractivity contribution in [2.75, 3.05) is 12.0 Å². The van der Waals surface area contributed by atoms with E-state index in [0.717, 1.165) is 11.8 Å². The smallest absolute Gasteiger partial charge is 0.326 e. The van der Waals surface area contributed by atoms with Crippen LogP contribution in [0.5, 0.6) is 0 Å². The molecule has 1 unspecified atom stereocenters. The van der Waals surface area contributed by atoms with Gasteiger partial charge in [0.15, 0.2) is 0 Å². The van der Waals surface area contributed by atoms with Crippen molar-refractivity contribution in [3.63, 3.8) is 0 Å². The predicted octanol–water partition coefficient (Wildman–Crippen LogP) is 2.49. The number of thiocarbonyl (C=S) groups is 1. The van der Waals surface area contributed by atoms with Crippen molar-refractivity contribution in [3.05, 3.63) is 35.0 Å². The first-order valence-electron chi connectivity index (χ1n) is 6.44. The van der Waals surface area contributed by atoms with E-state index in [-0.39, 0.29) is 10.2 Å². The number of amides is 1. The van der Waals surface area contributed by atoms with Crippen molar-refractivity contribution >= 4 is 58.0 Å². The van der Waals surface area contributed by atoms with Gasteiger partial charge in [0, 0.05) is 6.20 Å². The van der Waals surface area contributed by atoms with Crippen molar-refractivity contribution in [2.45, 2.75) is 12.5 Å². The Bertz CT molecular complexity index is 619. The van der Waals surface area contributed by atoms with Gasteiger partial charge in [-0.2, -0.15) is 11.8 Å². The number of aliphatic carboxylic acids is 1. The summed E-state index contributed by atoms with van der Waals surface area (Å²) >= 11 is 7.84. The Morgan fingerprint density at radius 2 is 2.36 bits per heavy atom. The van der Waals surface area contributed by atoms with Gasteiger partial charge in [-0.3, -0.25) is 14.7 Å². The minimum atomic E-state index is -1.04. The third-order valence-corrected chi connectivity index (χ3v) is 4.96. The monoisotopic (exact) mass is 354 g/mol. The topological polar surface area (TPSA) is 70.5 Å². The van der Waals surface area contributed by atoms with E-state index in [1.54, 1.807) is 24.4 Å². The second-order valence-electron chi connectivity index (χ2n) is 4.44. The van der Waals surface area contributed by atoms with Crippen molar-refractivity contribution in [1.82, 2.24) is 9.88 Å². The Balaban J connectivity index is 2.24. The Hall–Kier alpha value is -1.38. The van der Waals surface area contributed by atoms with Crippen LogP contribution >= 0.6 is 35.7 Å². The number of pyridine rings is 1. The maximum Gasteiger partial charge on any atom is 0.326 e. The molecule has 0 aromatic carbocycles. The highest BCUT2D eigenvalue weighted by Gasteiger charge is 2.40. The summed E-state index contributed by atoms with van der Waals surface area (Å²) in [5, 5.41) is 9.37. The molecule has 1 amide bonds. The molecule has 0 spiro atoms. The standard InChI is InChI=1S/C14H14N2O3S3/c1-21-7-5-10(13(18)19)16-12(17)11(22-14(16)20)8-9-4-2-3-6-15-9/h2-4,6,8,10H,5,7H2,1H3,(H,18,19)/b11-8-. The third kappa shape index (κ3) is 3.88. The van der Waals surface area contributed by atoms with E-state index in [9.17, 15) is 14.7 Å². The number of aromatic nitrogens is 1. The van der Waals surface area contributed by atoms with Crippen LogP contribution < -0.4 is 0 Å². The van der Waals surface area contributed by atoms with Gasteiger partial charge < -0.3 is 5.11 Å². The van der Waals surface area contributed by atoms with Crippen LogP contribution in [0.4, 0.5) is 0 Å². The number of thioether (sulfide) groups is 2. The van der Waals surface area contributed by atoms with E-state index in [0.29, 0.717) is 22.8 Å². The van der Waals surface area contributed by atoms with Crippen LogP contribution in [0.3, 0.4) is 0 Å². The molecule has 1 N–H and O–H groups in total. The number of hydrogen-bond acceptors (Lipinski definition) is 6. The summed E-state index contributed by atoms with van der Waals surface area (Å²) in [7, 11) is 0. The van der Waals surface area contributed by atoms with E-state index in [1.807, 2.05) is 12.3 Å². The molecule has 116 valence electrons. The minimum absolute atomic E-state index is 0.278. The molecule has 2 heterocycles. The number of carbonyl (C=O) groups is 2. The summed E-state index contributed by atoms with van der Waals surface area (Å²) in [4.78, 5) is 29.7. The maximum absolute atomic E-state index is 12.5. The first kappa shape index (κ1) is 17.0. The van der Waals surface area contributed by atoms with Crippen LogP contribution in [0.25, 0.3) is 6.08 Å². The molecular weight excluding hydrogens is 340 g/mol. The van der Waals surface area contributed by atoms with Crippen molar-refractivity contribution in [3.8, 4) is 0 Å². The molecule has 2 rings (SSSR count). The van der Waals surface area contributed by atoms with Gasteiger partial charge in [0.2, 0.25) is 0 Å². The summed E-state index contributed by atoms with van der Waals surface area (Å²) in [5.41, 5.74) is 0.638. The SMILES string of the molecule is CSCCC(C(=O)O)N1C(=O)/C(=C/c2ccccn2)SC1=S. The van der Waals surface area contributed by atoms with Gasteiger partial charge in [-0.1, -0.05) is 30.0 Å². The third-order valence-electron chi connectivity index (χ3n) is 2.98. The number of rotatable bonds is 6. The van der Waals surface area contributed by atoms with Gasteiger partial charge in [0.1, 0.15) is 10.4 Å². The lowest BCUT2D eigenvalue weighted by Crippen LogP contribution is -2.44. The molecule has 0 saturated carbocycles. The number of carbonyl (C=O) groups excluding carboxylic acids is 1. The Morgan fingerprint density at radius 3 is 2.95 bits per heavy atom. The molecule has 0 bridgehead atoms. The largest absolute Gasteiger partial charge is 0.480 e. The Kier molecular flexibility index (Phi) is 5.98. The number of hydrogen-bond donors (Lipinski definition) is 1. The molecule has 1 aromatic heterocycles. The quantitative estimate of drug-likeness (QED) is 0.621. The molecule has 8 heteroatoms. The van der Waals surface area contributed by atoms with Gasteiger partial charge in [-0.15, -0.1) is 0 Å². The number of carboxylic acids is 1. The highest BCUT2D eigenvalue weighted by Crippen LogP contribution is 2.34. The van der Waals surface area contributed by atoms with Gasteiger partial charge in [-0.25, -0.2) is 4.79 Å². The zero-order valence-corrected chi connectivity index (χ0v) is 14.2. The predicted molar refractivity (Wildman–Crippen MR) is 93.7 cm³/mol. The van der Waals surface area contributed by atoms with Crippen molar-refractivity contribution in [1.29, 1.82) is 0 Å². The van der Waals surface area contributed by atoms with E-state index in [1.165, 1.54) is 16.7 Å². The molecule has 1 atom stereocenters. The van der Waals surface area contributed by atoms with Crippen LogP contribution in [0.15, 0.2) is 29.3 Å². The fourth-order valence-corrected chi connectivity index (χ4v) is 3.74. The second-order valence-corrected chi connectivity index (χ2v) is 7.10. The van der Waals surface area contributed by atoms with Crippen LogP contribution in [-0.2, 0) is 9.59 Å². The van der Waals surface area contributed by atoms with Crippen LogP contribution in [0, 0.1) is 0 Å². The average Bonchev–Trinajstić information content (AvgIpc) is 2.76. The van der Waals surface area contributed by atoms with Crippen LogP contribution in [0.1, 0.15) is 12.1 Å². The molecule has 1 aliphatic heterocycles. The zero-order chi connectivity index (χ0) is 16.1. The van der Waals surface area contributed by atoms with E-state index in [4.69, 9.17) is 12.2 Å². The summed E-state index contributed by atoms with van der Waals surface area (Å²) in [6, 6.07) is 4.45. The first-order valence-corrected chi connectivity index (χ1v) is 9.06. The average molecular weight is 354 g/mol. The summed E-state index contributed by atoms with van der Waals surface area (Å²) in [6.45, 7) is 0. The van der Waals surface area contributed by atoms with Crippen molar-refractivity contribution in [2.24, 2.45) is 0 Å². The molecule has 22 heavy (non-hydrogen) atoms. The first-order chi connectivity index (χ1) is 10.5. The summed E-state index contributed by atoms with van der Waals surface area (Å²) in [5.74, 6) is -0.758. The molecule has 1 fully saturated rings. The van der Waals surface area contributed by atoms with Gasteiger partial charge >= 0.3 is 5.97 Å². The second kappa shape index (κ2) is 7.75. The molecule has 1 aromatic rings. The van der Waals surface area contributed by atoms with Gasteiger partial charge in [0.05, 0.1) is 10.6 Å². The summed E-state index contributed by atoms with van der Waals surface area (Å²) in [6.07, 6.45) is 5.52. The molecule has 5 nitrogen and oxygen atoms in total. The molecule has 1 saturated heterocycles. The van der Waals surface area contributed by atoms with Gasteiger partial charge in [0.25, 0.3) is 5.91 Å². The minimum Gasteiger partial charge on any atom is -0.480 e. The molecule has 0 radical (unpaired) electrons. The van der Waals surface area contributed by atoms with Gasteiger partial charge in [-0.05, 0) is 36.6 Å². The van der Waals surface area contributed by atoms with E-state index in [2.05, 4.69) is 4.98 Å². The zero-order valence-electron chi connectivity index (χ0n) is 11.8. The lowest BCUT2D eigenvalue weighted by molar-refractivity contribution is -0.145. The molecule has 1 aliphatic rings. The number of carboxylic acid groups (broad SMARTS) is 1. The normalized spacial score (nSPS) is 18.0. The lowest BCUT2D eigenvalue weighted by Gasteiger charge is -2.22. The number of nitrogens with zero attached hydrogens (tertiary/aromatic N) is 2. The molecule has 0 aliphatic carbocycles. The Morgan fingerprint density at radius 1 is 1.59 bits per heavy atom. The van der Waals surface area contributed by atoms with Crippen molar-refractivity contribution < 1.29 is 14.7 Å². The summed E-state index contributed by atoms with van der Waals surface area (Å²) < 4.78 is 0.278.